The second-order valence-electron chi connectivity index (χ2n) is 8.98. The van der Waals surface area contributed by atoms with Crippen molar-refractivity contribution in [3.8, 4) is 11.4 Å². The highest BCUT2D eigenvalue weighted by Gasteiger charge is 2.20. The van der Waals surface area contributed by atoms with Crippen LogP contribution in [0.15, 0.2) is 30.5 Å². The molecule has 1 aromatic carbocycles. The highest BCUT2D eigenvalue weighted by atomic mass is 14.9. The van der Waals surface area contributed by atoms with E-state index in [0.717, 1.165) is 23.7 Å². The number of unbranched alkanes of at least 4 members (excludes halogenated alkanes) is 7. The Morgan fingerprint density at radius 2 is 1.59 bits per heavy atom. The molecule has 1 aliphatic carbocycles. The van der Waals surface area contributed by atoms with Crippen molar-refractivity contribution in [2.45, 2.75) is 104 Å². The molecule has 0 bridgehead atoms. The molecule has 1 heterocycles. The minimum atomic E-state index is 0.838. The van der Waals surface area contributed by atoms with Gasteiger partial charge in [0.2, 0.25) is 0 Å². The Labute approximate surface area is 178 Å². The minimum absolute atomic E-state index is 0.838. The molecule has 3 rings (SSSR count). The van der Waals surface area contributed by atoms with Crippen LogP contribution in [0.1, 0.15) is 101 Å². The average Bonchev–Trinajstić information content (AvgIpc) is 2.76. The molecule has 0 fully saturated rings. The molecule has 1 aromatic heterocycles. The van der Waals surface area contributed by atoms with Crippen LogP contribution in [0.5, 0.6) is 0 Å². The van der Waals surface area contributed by atoms with Gasteiger partial charge in [-0.15, -0.1) is 0 Å². The van der Waals surface area contributed by atoms with Gasteiger partial charge >= 0.3 is 0 Å². The molecule has 0 spiro atoms. The summed E-state index contributed by atoms with van der Waals surface area (Å²) in [5, 5.41) is 0. The van der Waals surface area contributed by atoms with Gasteiger partial charge in [0, 0.05) is 17.5 Å². The Balaban J connectivity index is 1.50. The van der Waals surface area contributed by atoms with Crippen LogP contribution in [0, 0.1) is 5.92 Å². The summed E-state index contributed by atoms with van der Waals surface area (Å²) in [5.41, 5.74) is 5.27. The molecule has 0 aliphatic heterocycles. The first-order valence-corrected chi connectivity index (χ1v) is 12.2. The van der Waals surface area contributed by atoms with Gasteiger partial charge in [-0.2, -0.15) is 0 Å². The third-order valence-corrected chi connectivity index (χ3v) is 6.50. The molecule has 1 aliphatic rings. The van der Waals surface area contributed by atoms with Crippen LogP contribution in [0.2, 0.25) is 0 Å². The van der Waals surface area contributed by atoms with Crippen molar-refractivity contribution >= 4 is 0 Å². The summed E-state index contributed by atoms with van der Waals surface area (Å²) in [6.07, 6.45) is 20.5. The standard InChI is InChI=1S/C27H40N2/c1-3-5-7-8-9-11-13-23-16-19-26-25(20-23)21-28-27(29-26)24-17-14-22(15-18-24)12-10-6-4-2/h14-15,17-18,21,23H,3-13,16,19-20H2,1-2H3. The summed E-state index contributed by atoms with van der Waals surface area (Å²) in [6.45, 7) is 4.55. The molecule has 1 unspecified atom stereocenters. The molecule has 2 nitrogen and oxygen atoms in total. The lowest BCUT2D eigenvalue weighted by atomic mass is 9.84. The number of hydrogen-bond donors (Lipinski definition) is 0. The predicted molar refractivity (Wildman–Crippen MR) is 124 cm³/mol. The largest absolute Gasteiger partial charge is 0.236 e. The summed E-state index contributed by atoms with van der Waals surface area (Å²) in [4.78, 5) is 9.66. The van der Waals surface area contributed by atoms with E-state index in [0.29, 0.717) is 0 Å². The van der Waals surface area contributed by atoms with E-state index >= 15 is 0 Å². The minimum Gasteiger partial charge on any atom is -0.236 e. The summed E-state index contributed by atoms with van der Waals surface area (Å²) in [6, 6.07) is 8.91. The fourth-order valence-corrected chi connectivity index (χ4v) is 4.58. The first-order valence-electron chi connectivity index (χ1n) is 12.2. The molecule has 2 heteroatoms. The second-order valence-corrected chi connectivity index (χ2v) is 8.98. The van der Waals surface area contributed by atoms with Crippen molar-refractivity contribution in [3.63, 3.8) is 0 Å². The average molecular weight is 393 g/mol. The number of rotatable bonds is 12. The summed E-state index contributed by atoms with van der Waals surface area (Å²) >= 11 is 0. The van der Waals surface area contributed by atoms with Gasteiger partial charge in [0.05, 0.1) is 0 Å². The number of hydrogen-bond acceptors (Lipinski definition) is 2. The highest BCUT2D eigenvalue weighted by molar-refractivity contribution is 5.55. The molecule has 0 saturated carbocycles. The van der Waals surface area contributed by atoms with Crippen LogP contribution in [0.3, 0.4) is 0 Å². The Bertz CT molecular complexity index is 720. The Morgan fingerprint density at radius 3 is 2.38 bits per heavy atom. The van der Waals surface area contributed by atoms with Gasteiger partial charge in [-0.1, -0.05) is 95.9 Å². The van der Waals surface area contributed by atoms with Crippen LogP contribution in [-0.4, -0.2) is 9.97 Å². The molecular weight excluding hydrogens is 352 g/mol. The SMILES string of the molecule is CCCCCCCCC1CCc2nc(-c3ccc(CCCCC)cc3)ncc2C1. The number of aromatic nitrogens is 2. The monoisotopic (exact) mass is 392 g/mol. The van der Waals surface area contributed by atoms with Crippen LogP contribution < -0.4 is 0 Å². The van der Waals surface area contributed by atoms with E-state index in [1.54, 1.807) is 0 Å². The van der Waals surface area contributed by atoms with Crippen LogP contribution in [0.25, 0.3) is 11.4 Å². The predicted octanol–water partition coefficient (Wildman–Crippen LogP) is 7.73. The Morgan fingerprint density at radius 1 is 0.862 bits per heavy atom. The molecule has 158 valence electrons. The lowest BCUT2D eigenvalue weighted by Gasteiger charge is -2.24. The van der Waals surface area contributed by atoms with Gasteiger partial charge in [0.15, 0.2) is 5.82 Å². The van der Waals surface area contributed by atoms with Crippen LogP contribution >= 0.6 is 0 Å². The van der Waals surface area contributed by atoms with Crippen molar-refractivity contribution < 1.29 is 0 Å². The maximum Gasteiger partial charge on any atom is 0.159 e. The molecule has 0 saturated heterocycles. The van der Waals surface area contributed by atoms with Crippen molar-refractivity contribution in [2.24, 2.45) is 5.92 Å². The van der Waals surface area contributed by atoms with E-state index in [1.807, 2.05) is 0 Å². The highest BCUT2D eigenvalue weighted by Crippen LogP contribution is 2.29. The zero-order chi connectivity index (χ0) is 20.3. The molecular formula is C27H40N2. The van der Waals surface area contributed by atoms with E-state index in [-0.39, 0.29) is 0 Å². The molecule has 0 amide bonds. The van der Waals surface area contributed by atoms with Crippen molar-refractivity contribution in [2.75, 3.05) is 0 Å². The maximum absolute atomic E-state index is 4.94. The number of benzene rings is 1. The Hall–Kier alpha value is -1.70. The molecule has 29 heavy (non-hydrogen) atoms. The van der Waals surface area contributed by atoms with Crippen molar-refractivity contribution in [3.05, 3.63) is 47.3 Å². The van der Waals surface area contributed by atoms with Gasteiger partial charge in [-0.3, -0.25) is 0 Å². The third kappa shape index (κ3) is 6.94. The number of aryl methyl sites for hydroxylation is 2. The first-order chi connectivity index (χ1) is 14.3. The number of fused-ring (bicyclic) bond motifs is 1. The lowest BCUT2D eigenvalue weighted by molar-refractivity contribution is 0.400. The van der Waals surface area contributed by atoms with Crippen molar-refractivity contribution in [1.29, 1.82) is 0 Å². The van der Waals surface area contributed by atoms with Gasteiger partial charge in [-0.25, -0.2) is 9.97 Å². The van der Waals surface area contributed by atoms with E-state index in [4.69, 9.17) is 9.97 Å². The summed E-state index contributed by atoms with van der Waals surface area (Å²) in [5.74, 6) is 1.74. The smallest absolute Gasteiger partial charge is 0.159 e. The maximum atomic E-state index is 4.94. The van der Waals surface area contributed by atoms with E-state index in [2.05, 4.69) is 44.3 Å². The quantitative estimate of drug-likeness (QED) is 0.345. The normalized spacial score (nSPS) is 16.0. The van der Waals surface area contributed by atoms with Gasteiger partial charge in [-0.05, 0) is 49.1 Å². The first kappa shape index (κ1) is 22.0. The van der Waals surface area contributed by atoms with Gasteiger partial charge in [0.25, 0.3) is 0 Å². The lowest BCUT2D eigenvalue weighted by Crippen LogP contribution is -2.16. The molecule has 0 radical (unpaired) electrons. The molecule has 0 N–H and O–H groups in total. The third-order valence-electron chi connectivity index (χ3n) is 6.50. The summed E-state index contributed by atoms with van der Waals surface area (Å²) in [7, 11) is 0. The zero-order valence-corrected chi connectivity index (χ0v) is 18.8. The second kappa shape index (κ2) is 12.1. The summed E-state index contributed by atoms with van der Waals surface area (Å²) < 4.78 is 0. The van der Waals surface area contributed by atoms with Crippen molar-refractivity contribution in [1.82, 2.24) is 9.97 Å². The molecule has 1 atom stereocenters. The Kier molecular flexibility index (Phi) is 9.18. The number of nitrogens with zero attached hydrogens (tertiary/aromatic N) is 2. The van der Waals surface area contributed by atoms with E-state index in [1.165, 1.54) is 100 Å². The van der Waals surface area contributed by atoms with Crippen LogP contribution in [0.4, 0.5) is 0 Å². The van der Waals surface area contributed by atoms with Gasteiger partial charge in [0.1, 0.15) is 0 Å². The zero-order valence-electron chi connectivity index (χ0n) is 18.8. The van der Waals surface area contributed by atoms with Gasteiger partial charge < -0.3 is 0 Å². The van der Waals surface area contributed by atoms with E-state index in [9.17, 15) is 0 Å². The van der Waals surface area contributed by atoms with E-state index < -0.39 is 0 Å². The fourth-order valence-electron chi connectivity index (χ4n) is 4.58. The molecule has 2 aromatic rings. The fraction of sp³-hybridized carbons (Fsp3) is 0.630. The van der Waals surface area contributed by atoms with Crippen LogP contribution in [-0.2, 0) is 19.3 Å². The topological polar surface area (TPSA) is 25.8 Å².